The van der Waals surface area contributed by atoms with E-state index < -0.39 is 12.1 Å². The van der Waals surface area contributed by atoms with Crippen LogP contribution >= 0.6 is 0 Å². The first-order chi connectivity index (χ1) is 7.85. The molecule has 1 radical (unpaired) electrons. The van der Waals surface area contributed by atoms with Gasteiger partial charge in [-0.15, -0.1) is 0 Å². The van der Waals surface area contributed by atoms with Crippen molar-refractivity contribution in [1.82, 2.24) is 4.98 Å². The Morgan fingerprint density at radius 1 is 1.29 bits per heavy atom. The monoisotopic (exact) mass is 241 g/mol. The van der Waals surface area contributed by atoms with Gasteiger partial charge in [0, 0.05) is 10.9 Å². The maximum atomic E-state index is 12.1. The molecule has 2 rings (SSSR count). The number of H-pyrrole nitrogens is 1. The highest BCUT2D eigenvalue weighted by Crippen LogP contribution is 2.26. The highest BCUT2D eigenvalue weighted by Gasteiger charge is 2.28. The Labute approximate surface area is 94.4 Å². The molecule has 0 unspecified atom stereocenters. The van der Waals surface area contributed by atoms with E-state index in [0.717, 1.165) is 0 Å². The van der Waals surface area contributed by atoms with Gasteiger partial charge in [0.15, 0.2) is 0 Å². The number of fused-ring (bicyclic) bond motifs is 1. The first-order valence-corrected chi connectivity index (χ1v) is 4.70. The molecule has 0 bridgehead atoms. The van der Waals surface area contributed by atoms with E-state index in [-0.39, 0.29) is 17.7 Å². The number of primary amides is 1. The third-order valence-electron chi connectivity index (χ3n) is 2.24. The van der Waals surface area contributed by atoms with E-state index in [2.05, 4.69) is 4.98 Å². The minimum absolute atomic E-state index is 0.0278. The maximum Gasteiger partial charge on any atom is 0.396 e. The van der Waals surface area contributed by atoms with Gasteiger partial charge >= 0.3 is 6.18 Å². The maximum absolute atomic E-state index is 12.1. The van der Waals surface area contributed by atoms with Crippen LogP contribution in [0.5, 0.6) is 0 Å². The summed E-state index contributed by atoms with van der Waals surface area (Å²) in [7, 11) is 0. The van der Waals surface area contributed by atoms with Crippen LogP contribution < -0.4 is 5.73 Å². The lowest BCUT2D eigenvalue weighted by Crippen LogP contribution is -2.10. The van der Waals surface area contributed by atoms with Crippen molar-refractivity contribution in [2.24, 2.45) is 5.73 Å². The topological polar surface area (TPSA) is 58.9 Å². The number of nitrogens with two attached hydrogens (primary N) is 1. The zero-order chi connectivity index (χ0) is 12.6. The van der Waals surface area contributed by atoms with Crippen LogP contribution in [0.1, 0.15) is 16.1 Å². The molecule has 0 atom stereocenters. The fraction of sp³-hybridized carbons (Fsp3) is 0.0909. The van der Waals surface area contributed by atoms with Crippen LogP contribution in [0, 0.1) is 6.42 Å². The van der Waals surface area contributed by atoms with Crippen molar-refractivity contribution in [3.8, 4) is 0 Å². The third-order valence-corrected chi connectivity index (χ3v) is 2.24. The van der Waals surface area contributed by atoms with E-state index in [1.54, 1.807) is 0 Å². The smallest absolute Gasteiger partial charge is 0.364 e. The van der Waals surface area contributed by atoms with Crippen molar-refractivity contribution < 1.29 is 18.0 Å². The molecule has 0 saturated carbocycles. The minimum atomic E-state index is -4.36. The number of carbonyl (C=O) groups excluding carboxylic acids is 1. The van der Waals surface area contributed by atoms with Crippen LogP contribution in [-0.4, -0.2) is 17.1 Å². The van der Waals surface area contributed by atoms with Crippen molar-refractivity contribution in [1.29, 1.82) is 0 Å². The zero-order valence-electron chi connectivity index (χ0n) is 8.51. The van der Waals surface area contributed by atoms with Gasteiger partial charge in [-0.2, -0.15) is 13.2 Å². The number of benzene rings is 1. The molecule has 6 heteroatoms. The van der Waals surface area contributed by atoms with Crippen LogP contribution in [-0.2, 0) is 0 Å². The standard InChI is InChI=1S/C11H8F3N2O/c12-11(13,14)5-6-1-2-8-7(3-6)4-9(16-8)10(15)17/h1-5,16H,(H2,15,17). The summed E-state index contributed by atoms with van der Waals surface area (Å²) in [6.45, 7) is 0. The largest absolute Gasteiger partial charge is 0.396 e. The number of carbonyl (C=O) groups is 1. The van der Waals surface area contributed by atoms with E-state index in [1.807, 2.05) is 0 Å². The Morgan fingerprint density at radius 3 is 2.59 bits per heavy atom. The van der Waals surface area contributed by atoms with Crippen LogP contribution in [0.4, 0.5) is 13.2 Å². The van der Waals surface area contributed by atoms with Crippen LogP contribution in [0.3, 0.4) is 0 Å². The van der Waals surface area contributed by atoms with Gasteiger partial charge in [-0.3, -0.25) is 4.79 Å². The van der Waals surface area contributed by atoms with E-state index >= 15 is 0 Å². The molecule has 0 aliphatic carbocycles. The van der Waals surface area contributed by atoms with Gasteiger partial charge in [0.1, 0.15) is 5.69 Å². The molecule has 3 N–H and O–H groups in total. The fourth-order valence-electron chi connectivity index (χ4n) is 1.56. The molecule has 0 aliphatic heterocycles. The van der Waals surface area contributed by atoms with Crippen LogP contribution in [0.15, 0.2) is 24.3 Å². The molecular formula is C11H8F3N2O. The molecule has 0 spiro atoms. The van der Waals surface area contributed by atoms with Crippen LogP contribution in [0.25, 0.3) is 10.9 Å². The quantitative estimate of drug-likeness (QED) is 0.833. The lowest BCUT2D eigenvalue weighted by atomic mass is 10.1. The molecule has 0 fully saturated rings. The van der Waals surface area contributed by atoms with Crippen LogP contribution in [0.2, 0.25) is 0 Å². The van der Waals surface area contributed by atoms with Gasteiger partial charge in [-0.1, -0.05) is 6.07 Å². The average Bonchev–Trinajstić information content (AvgIpc) is 2.57. The number of hydrogen-bond acceptors (Lipinski definition) is 1. The Hall–Kier alpha value is -1.98. The number of halogens is 3. The molecule has 0 saturated heterocycles. The summed E-state index contributed by atoms with van der Waals surface area (Å²) in [6.07, 6.45) is -4.17. The lowest BCUT2D eigenvalue weighted by molar-refractivity contribution is -0.0927. The van der Waals surface area contributed by atoms with Gasteiger partial charge in [0.25, 0.3) is 5.91 Å². The molecule has 3 nitrogen and oxygen atoms in total. The Bertz CT molecular complexity index is 572. The van der Waals surface area contributed by atoms with Crippen molar-refractivity contribution in [2.45, 2.75) is 6.18 Å². The molecule has 1 heterocycles. The van der Waals surface area contributed by atoms with Gasteiger partial charge in [0.05, 0.1) is 6.42 Å². The molecule has 2 aromatic rings. The number of hydrogen-bond donors (Lipinski definition) is 2. The molecule has 1 aromatic carbocycles. The van der Waals surface area contributed by atoms with Crippen molar-refractivity contribution in [3.63, 3.8) is 0 Å². The summed E-state index contributed by atoms with van der Waals surface area (Å²) in [4.78, 5) is 13.6. The number of rotatable bonds is 2. The number of aromatic nitrogens is 1. The highest BCUT2D eigenvalue weighted by atomic mass is 19.4. The van der Waals surface area contributed by atoms with Crippen molar-refractivity contribution in [2.75, 3.05) is 0 Å². The second-order valence-corrected chi connectivity index (χ2v) is 3.58. The van der Waals surface area contributed by atoms with E-state index in [0.29, 0.717) is 10.9 Å². The molecule has 1 amide bonds. The lowest BCUT2D eigenvalue weighted by Gasteiger charge is -2.05. The molecule has 1 aromatic heterocycles. The predicted octanol–water partition coefficient (Wildman–Crippen LogP) is 2.38. The molecule has 17 heavy (non-hydrogen) atoms. The summed E-state index contributed by atoms with van der Waals surface area (Å²) < 4.78 is 36.4. The third kappa shape index (κ3) is 2.58. The summed E-state index contributed by atoms with van der Waals surface area (Å²) in [5.74, 6) is -0.650. The van der Waals surface area contributed by atoms with Crippen molar-refractivity contribution in [3.05, 3.63) is 41.9 Å². The molecule has 0 aliphatic rings. The van der Waals surface area contributed by atoms with E-state index in [4.69, 9.17) is 5.73 Å². The Kier molecular flexibility index (Phi) is 2.57. The highest BCUT2D eigenvalue weighted by molar-refractivity contribution is 5.97. The van der Waals surface area contributed by atoms with Gasteiger partial charge < -0.3 is 10.7 Å². The van der Waals surface area contributed by atoms with Gasteiger partial charge in [0.2, 0.25) is 0 Å². The van der Waals surface area contributed by atoms with E-state index in [1.165, 1.54) is 24.3 Å². The predicted molar refractivity (Wildman–Crippen MR) is 56.3 cm³/mol. The number of nitrogens with one attached hydrogen (secondary N) is 1. The first-order valence-electron chi connectivity index (χ1n) is 4.70. The summed E-state index contributed by atoms with van der Waals surface area (Å²) in [5, 5.41) is 0.511. The normalized spacial score (nSPS) is 11.9. The summed E-state index contributed by atoms with van der Waals surface area (Å²) in [5.41, 5.74) is 5.83. The fourth-order valence-corrected chi connectivity index (χ4v) is 1.56. The Balaban J connectivity index is 2.40. The second kappa shape index (κ2) is 3.80. The number of amides is 1. The first kappa shape index (κ1) is 11.5. The van der Waals surface area contributed by atoms with Crippen molar-refractivity contribution >= 4 is 16.8 Å². The average molecular weight is 241 g/mol. The summed E-state index contributed by atoms with van der Waals surface area (Å²) in [6, 6.07) is 5.55. The SMILES string of the molecule is NC(=O)c1cc2cc([CH]C(F)(F)F)ccc2[nH]1. The van der Waals surface area contributed by atoms with E-state index in [9.17, 15) is 18.0 Å². The number of alkyl halides is 3. The molecule has 89 valence electrons. The Morgan fingerprint density at radius 2 is 2.00 bits per heavy atom. The van der Waals surface area contributed by atoms with Gasteiger partial charge in [-0.25, -0.2) is 0 Å². The summed E-state index contributed by atoms with van der Waals surface area (Å²) >= 11 is 0. The second-order valence-electron chi connectivity index (χ2n) is 3.58. The zero-order valence-corrected chi connectivity index (χ0v) is 8.51. The molecular weight excluding hydrogens is 233 g/mol. The van der Waals surface area contributed by atoms with Gasteiger partial charge in [-0.05, 0) is 23.8 Å². The number of aromatic amines is 1. The minimum Gasteiger partial charge on any atom is -0.364 e.